The molecule has 0 atom stereocenters. The van der Waals surface area contributed by atoms with Crippen LogP contribution < -0.4 is 4.74 Å². The fourth-order valence-corrected chi connectivity index (χ4v) is 2.77. The molecule has 0 saturated carbocycles. The lowest BCUT2D eigenvalue weighted by Gasteiger charge is -2.21. The number of carbonyl (C=O) groups is 2. The minimum atomic E-state index is -0.586. The van der Waals surface area contributed by atoms with Gasteiger partial charge in [-0.1, -0.05) is 18.2 Å². The van der Waals surface area contributed by atoms with Gasteiger partial charge in [0.05, 0.1) is 12.7 Å². The number of likely N-dealkylation sites (N-methyl/N-ethyl adjacent to an activating group) is 1. The van der Waals surface area contributed by atoms with Crippen LogP contribution in [0.4, 0.5) is 4.39 Å². The third-order valence-electron chi connectivity index (χ3n) is 3.74. The van der Waals surface area contributed by atoms with Crippen molar-refractivity contribution in [3.63, 3.8) is 0 Å². The van der Waals surface area contributed by atoms with Gasteiger partial charge in [-0.15, -0.1) is 0 Å². The molecule has 0 fully saturated rings. The second kappa shape index (κ2) is 9.33. The SMILES string of the molecule is CCN(Cc1ccc(OC)c(F)c1)C(=O)COC(=O)c1ccccc1Br. The molecule has 138 valence electrons. The zero-order valence-electron chi connectivity index (χ0n) is 14.5. The van der Waals surface area contributed by atoms with Crippen LogP contribution in [0.15, 0.2) is 46.9 Å². The van der Waals surface area contributed by atoms with E-state index < -0.39 is 11.8 Å². The van der Waals surface area contributed by atoms with Crippen molar-refractivity contribution < 1.29 is 23.5 Å². The number of methoxy groups -OCH3 is 1. The Morgan fingerprint density at radius 3 is 2.54 bits per heavy atom. The Labute approximate surface area is 159 Å². The first kappa shape index (κ1) is 19.9. The molecule has 0 aliphatic rings. The Morgan fingerprint density at radius 2 is 1.92 bits per heavy atom. The van der Waals surface area contributed by atoms with E-state index in [1.165, 1.54) is 24.1 Å². The van der Waals surface area contributed by atoms with E-state index in [0.717, 1.165) is 0 Å². The van der Waals surface area contributed by atoms with Crippen molar-refractivity contribution in [2.75, 3.05) is 20.3 Å². The fraction of sp³-hybridized carbons (Fsp3) is 0.263. The second-order valence-electron chi connectivity index (χ2n) is 5.43. The lowest BCUT2D eigenvalue weighted by Crippen LogP contribution is -2.34. The number of halogens is 2. The standard InChI is InChI=1S/C19H19BrFNO4/c1-3-22(11-13-8-9-17(25-2)16(21)10-13)18(23)12-26-19(24)14-6-4-5-7-15(14)20/h4-10H,3,11-12H2,1-2H3. The van der Waals surface area contributed by atoms with Gasteiger partial charge in [-0.2, -0.15) is 0 Å². The van der Waals surface area contributed by atoms with Crippen molar-refractivity contribution in [1.82, 2.24) is 4.90 Å². The predicted molar refractivity (Wildman–Crippen MR) is 98.5 cm³/mol. The van der Waals surface area contributed by atoms with Gasteiger partial charge in [-0.05, 0) is 52.7 Å². The first-order valence-corrected chi connectivity index (χ1v) is 8.77. The molecule has 1 amide bonds. The Kier molecular flexibility index (Phi) is 7.15. The lowest BCUT2D eigenvalue weighted by molar-refractivity contribution is -0.134. The third kappa shape index (κ3) is 5.05. The zero-order chi connectivity index (χ0) is 19.1. The highest BCUT2D eigenvalue weighted by Gasteiger charge is 2.17. The summed E-state index contributed by atoms with van der Waals surface area (Å²) in [6, 6.07) is 11.3. The molecule has 0 bridgehead atoms. The summed E-state index contributed by atoms with van der Waals surface area (Å²) >= 11 is 3.27. The van der Waals surface area contributed by atoms with Gasteiger partial charge in [0.25, 0.3) is 5.91 Å². The molecule has 0 heterocycles. The number of rotatable bonds is 7. The first-order valence-electron chi connectivity index (χ1n) is 7.98. The van der Waals surface area contributed by atoms with E-state index in [4.69, 9.17) is 9.47 Å². The summed E-state index contributed by atoms with van der Waals surface area (Å²) in [6.07, 6.45) is 0. The minimum Gasteiger partial charge on any atom is -0.494 e. The normalized spacial score (nSPS) is 10.3. The Morgan fingerprint density at radius 1 is 1.19 bits per heavy atom. The van der Waals surface area contributed by atoms with E-state index in [0.29, 0.717) is 22.1 Å². The van der Waals surface area contributed by atoms with E-state index in [1.54, 1.807) is 37.3 Å². The topological polar surface area (TPSA) is 55.8 Å². The van der Waals surface area contributed by atoms with Crippen LogP contribution in [-0.4, -0.2) is 37.0 Å². The molecule has 0 aliphatic carbocycles. The van der Waals surface area contributed by atoms with Crippen LogP contribution >= 0.6 is 15.9 Å². The maximum absolute atomic E-state index is 13.8. The van der Waals surface area contributed by atoms with Crippen LogP contribution in [0.3, 0.4) is 0 Å². The Hall–Kier alpha value is -2.41. The van der Waals surface area contributed by atoms with E-state index in [1.807, 2.05) is 0 Å². The van der Waals surface area contributed by atoms with Gasteiger partial charge in [0.1, 0.15) is 0 Å². The van der Waals surface area contributed by atoms with Crippen molar-refractivity contribution >= 4 is 27.8 Å². The Bertz CT molecular complexity index is 797. The minimum absolute atomic E-state index is 0.144. The number of nitrogens with zero attached hydrogens (tertiary/aromatic N) is 1. The quantitative estimate of drug-likeness (QED) is 0.635. The molecule has 0 radical (unpaired) electrons. The highest BCUT2D eigenvalue weighted by Crippen LogP contribution is 2.19. The summed E-state index contributed by atoms with van der Waals surface area (Å²) in [5, 5.41) is 0. The largest absolute Gasteiger partial charge is 0.494 e. The van der Waals surface area contributed by atoms with Gasteiger partial charge >= 0.3 is 5.97 Å². The van der Waals surface area contributed by atoms with E-state index in [2.05, 4.69) is 15.9 Å². The van der Waals surface area contributed by atoms with Crippen molar-refractivity contribution in [3.05, 3.63) is 63.9 Å². The van der Waals surface area contributed by atoms with E-state index in [9.17, 15) is 14.0 Å². The summed E-state index contributed by atoms with van der Waals surface area (Å²) in [5.74, 6) is -1.29. The molecule has 7 heteroatoms. The number of ether oxygens (including phenoxy) is 2. The molecule has 2 aromatic carbocycles. The van der Waals surface area contributed by atoms with Crippen LogP contribution in [-0.2, 0) is 16.1 Å². The summed E-state index contributed by atoms with van der Waals surface area (Å²) in [6.45, 7) is 2.03. The van der Waals surface area contributed by atoms with Gasteiger partial charge in [-0.3, -0.25) is 4.79 Å². The molecule has 0 saturated heterocycles. The van der Waals surface area contributed by atoms with Crippen molar-refractivity contribution in [1.29, 1.82) is 0 Å². The molecule has 5 nitrogen and oxygen atoms in total. The summed E-state index contributed by atoms with van der Waals surface area (Å²) < 4.78 is 24.4. The maximum atomic E-state index is 13.8. The van der Waals surface area contributed by atoms with Crippen LogP contribution in [0, 0.1) is 5.82 Å². The number of hydrogen-bond acceptors (Lipinski definition) is 4. The van der Waals surface area contributed by atoms with Crippen molar-refractivity contribution in [2.45, 2.75) is 13.5 Å². The Balaban J connectivity index is 1.97. The molecule has 2 rings (SSSR count). The van der Waals surface area contributed by atoms with Crippen LogP contribution in [0.25, 0.3) is 0 Å². The summed E-state index contributed by atoms with van der Waals surface area (Å²) in [4.78, 5) is 25.9. The number of carbonyl (C=O) groups excluding carboxylic acids is 2. The fourth-order valence-electron chi connectivity index (χ4n) is 2.33. The highest BCUT2D eigenvalue weighted by molar-refractivity contribution is 9.10. The van der Waals surface area contributed by atoms with Gasteiger partial charge in [0, 0.05) is 17.6 Å². The van der Waals surface area contributed by atoms with Crippen molar-refractivity contribution in [3.8, 4) is 5.75 Å². The molecule has 26 heavy (non-hydrogen) atoms. The van der Waals surface area contributed by atoms with Gasteiger partial charge in [0.2, 0.25) is 0 Å². The monoisotopic (exact) mass is 423 g/mol. The molecule has 2 aromatic rings. The van der Waals surface area contributed by atoms with Gasteiger partial charge < -0.3 is 14.4 Å². The number of amides is 1. The average molecular weight is 424 g/mol. The third-order valence-corrected chi connectivity index (χ3v) is 4.44. The van der Waals surface area contributed by atoms with Crippen molar-refractivity contribution in [2.24, 2.45) is 0 Å². The zero-order valence-corrected chi connectivity index (χ0v) is 16.1. The molecular formula is C19H19BrFNO4. The van der Waals surface area contributed by atoms with Crippen LogP contribution in [0.1, 0.15) is 22.8 Å². The predicted octanol–water partition coefficient (Wildman–Crippen LogP) is 3.80. The second-order valence-corrected chi connectivity index (χ2v) is 6.29. The molecule has 0 aromatic heterocycles. The van der Waals surface area contributed by atoms with Crippen LogP contribution in [0.5, 0.6) is 5.75 Å². The molecule has 0 spiro atoms. The van der Waals surface area contributed by atoms with Gasteiger partial charge in [-0.25, -0.2) is 9.18 Å². The molecular weight excluding hydrogens is 405 g/mol. The van der Waals surface area contributed by atoms with Gasteiger partial charge in [0.15, 0.2) is 18.2 Å². The maximum Gasteiger partial charge on any atom is 0.339 e. The smallest absolute Gasteiger partial charge is 0.339 e. The number of hydrogen-bond donors (Lipinski definition) is 0. The highest BCUT2D eigenvalue weighted by atomic mass is 79.9. The van der Waals surface area contributed by atoms with Crippen LogP contribution in [0.2, 0.25) is 0 Å². The van der Waals surface area contributed by atoms with E-state index >= 15 is 0 Å². The lowest BCUT2D eigenvalue weighted by atomic mass is 10.2. The number of esters is 1. The molecule has 0 N–H and O–H groups in total. The summed E-state index contributed by atoms with van der Waals surface area (Å²) in [7, 11) is 1.39. The van der Waals surface area contributed by atoms with E-state index in [-0.39, 0.29) is 24.8 Å². The first-order chi connectivity index (χ1) is 12.5. The average Bonchev–Trinajstić information content (AvgIpc) is 2.64. The number of benzene rings is 2. The molecule has 0 aliphatic heterocycles. The summed E-state index contributed by atoms with van der Waals surface area (Å²) in [5.41, 5.74) is 0.969. The molecule has 0 unspecified atom stereocenters.